The van der Waals surface area contributed by atoms with Gasteiger partial charge in [-0.2, -0.15) is 10.1 Å². The van der Waals surface area contributed by atoms with Crippen molar-refractivity contribution in [3.8, 4) is 5.75 Å². The van der Waals surface area contributed by atoms with Gasteiger partial charge in [-0.05, 0) is 42.8 Å². The number of carbonyl (C=O) groups is 2. The molecule has 0 aliphatic carbocycles. The van der Waals surface area contributed by atoms with Crippen LogP contribution in [0.3, 0.4) is 0 Å². The number of benzene rings is 2. The summed E-state index contributed by atoms with van der Waals surface area (Å²) in [5, 5.41) is 4.96. The summed E-state index contributed by atoms with van der Waals surface area (Å²) >= 11 is 0. The van der Waals surface area contributed by atoms with Crippen LogP contribution in [0.25, 0.3) is 0 Å². The number of anilines is 1. The predicted octanol–water partition coefficient (Wildman–Crippen LogP) is 4.85. The Labute approximate surface area is 174 Å². The molecular weight excluding hydrogens is 423 g/mol. The second kappa shape index (κ2) is 8.09. The van der Waals surface area contributed by atoms with Crippen LogP contribution in [0.1, 0.15) is 25.0 Å². The van der Waals surface area contributed by atoms with E-state index >= 15 is 0 Å². The molecule has 1 heterocycles. The molecule has 1 unspecified atom stereocenters. The van der Waals surface area contributed by atoms with Crippen molar-refractivity contribution >= 4 is 23.1 Å². The van der Waals surface area contributed by atoms with Crippen LogP contribution in [0, 0.1) is 5.92 Å². The molecule has 2 aromatic carbocycles. The number of hydrazone groups is 1. The van der Waals surface area contributed by atoms with E-state index in [0.29, 0.717) is 5.56 Å². The standard InChI is InChI=1S/C21H17F5N2O3/c1-12-18(17(29)11-13-4-3-5-14(10-13)20(2,22)23)19(30)28(27-12)15-6-8-16(9-7-15)31-21(24,25)26/h3-10,18H,11H2,1-2H3. The van der Waals surface area contributed by atoms with Gasteiger partial charge in [0.1, 0.15) is 11.7 Å². The number of alkyl halides is 5. The third-order valence-electron chi connectivity index (χ3n) is 4.58. The summed E-state index contributed by atoms with van der Waals surface area (Å²) in [7, 11) is 0. The Bertz CT molecular complexity index is 1030. The number of amides is 1. The van der Waals surface area contributed by atoms with E-state index in [4.69, 9.17) is 0 Å². The van der Waals surface area contributed by atoms with E-state index in [1.54, 1.807) is 0 Å². The van der Waals surface area contributed by atoms with Crippen molar-refractivity contribution in [2.75, 3.05) is 5.01 Å². The van der Waals surface area contributed by atoms with E-state index in [1.165, 1.54) is 43.3 Å². The number of hydrogen-bond donors (Lipinski definition) is 0. The van der Waals surface area contributed by atoms with Gasteiger partial charge >= 0.3 is 6.36 Å². The molecule has 0 bridgehead atoms. The minimum Gasteiger partial charge on any atom is -0.406 e. The second-order valence-electron chi connectivity index (χ2n) is 7.10. The van der Waals surface area contributed by atoms with Crippen molar-refractivity contribution in [3.63, 3.8) is 0 Å². The maximum Gasteiger partial charge on any atom is 0.573 e. The van der Waals surface area contributed by atoms with Gasteiger partial charge in [0.05, 0.1) is 11.4 Å². The number of ether oxygens (including phenoxy) is 1. The van der Waals surface area contributed by atoms with Gasteiger partial charge in [0.2, 0.25) is 0 Å². The normalized spacial score (nSPS) is 17.0. The largest absolute Gasteiger partial charge is 0.573 e. The van der Waals surface area contributed by atoms with Crippen molar-refractivity contribution < 1.29 is 36.3 Å². The van der Waals surface area contributed by atoms with Gasteiger partial charge in [-0.25, -0.2) is 8.78 Å². The van der Waals surface area contributed by atoms with Crippen LogP contribution in [0.4, 0.5) is 27.6 Å². The van der Waals surface area contributed by atoms with Crippen LogP contribution in [-0.2, 0) is 21.9 Å². The van der Waals surface area contributed by atoms with Crippen molar-refractivity contribution in [1.82, 2.24) is 0 Å². The fourth-order valence-corrected chi connectivity index (χ4v) is 3.17. The van der Waals surface area contributed by atoms with E-state index in [1.807, 2.05) is 0 Å². The summed E-state index contributed by atoms with van der Waals surface area (Å²) in [5.41, 5.74) is 0.435. The quantitative estimate of drug-likeness (QED) is 0.477. The van der Waals surface area contributed by atoms with Crippen LogP contribution in [0.2, 0.25) is 0 Å². The van der Waals surface area contributed by atoms with Gasteiger partial charge in [-0.15, -0.1) is 13.2 Å². The first-order chi connectivity index (χ1) is 14.3. The van der Waals surface area contributed by atoms with E-state index < -0.39 is 35.6 Å². The molecule has 1 atom stereocenters. The Balaban J connectivity index is 1.74. The van der Waals surface area contributed by atoms with Crippen LogP contribution >= 0.6 is 0 Å². The van der Waals surface area contributed by atoms with Gasteiger partial charge in [-0.1, -0.05) is 18.2 Å². The minimum atomic E-state index is -4.85. The van der Waals surface area contributed by atoms with Crippen LogP contribution in [0.5, 0.6) is 5.75 Å². The van der Waals surface area contributed by atoms with Gasteiger partial charge in [0, 0.05) is 18.9 Å². The average molecular weight is 440 g/mol. The zero-order valence-corrected chi connectivity index (χ0v) is 16.4. The summed E-state index contributed by atoms with van der Waals surface area (Å²) in [6.07, 6.45) is -5.10. The molecule has 0 saturated heterocycles. The molecular formula is C21H17F5N2O3. The van der Waals surface area contributed by atoms with E-state index in [2.05, 4.69) is 9.84 Å². The molecule has 3 rings (SSSR count). The summed E-state index contributed by atoms with van der Waals surface area (Å²) in [4.78, 5) is 25.5. The molecule has 10 heteroatoms. The van der Waals surface area contributed by atoms with Crippen molar-refractivity contribution in [1.29, 1.82) is 0 Å². The predicted molar refractivity (Wildman–Crippen MR) is 102 cm³/mol. The maximum absolute atomic E-state index is 13.5. The third kappa shape index (κ3) is 5.25. The van der Waals surface area contributed by atoms with Crippen molar-refractivity contribution in [2.24, 2.45) is 11.0 Å². The smallest absolute Gasteiger partial charge is 0.406 e. The van der Waals surface area contributed by atoms with E-state index in [9.17, 15) is 31.5 Å². The summed E-state index contributed by atoms with van der Waals surface area (Å²) in [6, 6.07) is 9.82. The Morgan fingerprint density at radius 3 is 2.32 bits per heavy atom. The molecule has 1 aliphatic rings. The average Bonchev–Trinajstić information content (AvgIpc) is 2.95. The fraction of sp³-hybridized carbons (Fsp3) is 0.286. The number of ketones is 1. The number of rotatable bonds is 6. The lowest BCUT2D eigenvalue weighted by atomic mass is 9.93. The lowest BCUT2D eigenvalue weighted by molar-refractivity contribution is -0.274. The summed E-state index contributed by atoms with van der Waals surface area (Å²) < 4.78 is 67.7. The number of Topliss-reactive ketones (excluding diaryl/α,β-unsaturated/α-hetero) is 1. The monoisotopic (exact) mass is 440 g/mol. The molecule has 5 nitrogen and oxygen atoms in total. The Kier molecular flexibility index (Phi) is 5.84. The highest BCUT2D eigenvalue weighted by atomic mass is 19.4. The molecule has 1 amide bonds. The summed E-state index contributed by atoms with van der Waals surface area (Å²) in [5.74, 6) is -5.95. The Morgan fingerprint density at radius 2 is 1.74 bits per heavy atom. The topological polar surface area (TPSA) is 59.0 Å². The first-order valence-corrected chi connectivity index (χ1v) is 9.10. The van der Waals surface area contributed by atoms with Crippen molar-refractivity contribution in [3.05, 3.63) is 59.7 Å². The molecule has 0 aromatic heterocycles. The van der Waals surface area contributed by atoms with Crippen LogP contribution in [0.15, 0.2) is 53.6 Å². The SMILES string of the molecule is CC1=NN(c2ccc(OC(F)(F)F)cc2)C(=O)C1C(=O)Cc1cccc(C(C)(F)F)c1. The van der Waals surface area contributed by atoms with Crippen LogP contribution < -0.4 is 9.75 Å². The lowest BCUT2D eigenvalue weighted by Gasteiger charge is -2.15. The Hall–Kier alpha value is -3.30. The first kappa shape index (κ1) is 22.4. The van der Waals surface area contributed by atoms with E-state index in [0.717, 1.165) is 24.1 Å². The number of carbonyl (C=O) groups excluding carboxylic acids is 2. The highest BCUT2D eigenvalue weighted by Crippen LogP contribution is 2.30. The molecule has 0 fully saturated rings. The number of hydrogen-bond acceptors (Lipinski definition) is 4. The molecule has 0 radical (unpaired) electrons. The molecule has 0 spiro atoms. The zero-order chi connectivity index (χ0) is 23.0. The van der Waals surface area contributed by atoms with Gasteiger partial charge in [0.15, 0.2) is 5.78 Å². The number of halogens is 5. The zero-order valence-electron chi connectivity index (χ0n) is 16.4. The third-order valence-corrected chi connectivity index (χ3v) is 4.58. The fourth-order valence-electron chi connectivity index (χ4n) is 3.17. The maximum atomic E-state index is 13.5. The van der Waals surface area contributed by atoms with Crippen molar-refractivity contribution in [2.45, 2.75) is 32.6 Å². The molecule has 2 aromatic rings. The summed E-state index contributed by atoms with van der Waals surface area (Å²) in [6.45, 7) is 2.21. The van der Waals surface area contributed by atoms with Crippen LogP contribution in [-0.4, -0.2) is 23.8 Å². The molecule has 0 saturated carbocycles. The molecule has 0 N–H and O–H groups in total. The highest BCUT2D eigenvalue weighted by Gasteiger charge is 2.39. The minimum absolute atomic E-state index is 0.154. The van der Waals surface area contributed by atoms with Gasteiger partial charge < -0.3 is 4.74 Å². The highest BCUT2D eigenvalue weighted by molar-refractivity contribution is 6.27. The molecule has 31 heavy (non-hydrogen) atoms. The Morgan fingerprint density at radius 1 is 1.10 bits per heavy atom. The van der Waals surface area contributed by atoms with Gasteiger partial charge in [0.25, 0.3) is 11.8 Å². The lowest BCUT2D eigenvalue weighted by Crippen LogP contribution is -2.33. The first-order valence-electron chi connectivity index (χ1n) is 9.10. The number of nitrogens with zero attached hydrogens (tertiary/aromatic N) is 2. The molecule has 1 aliphatic heterocycles. The van der Waals surface area contributed by atoms with E-state index in [-0.39, 0.29) is 23.4 Å². The van der Waals surface area contributed by atoms with Gasteiger partial charge in [-0.3, -0.25) is 9.59 Å². The second-order valence-corrected chi connectivity index (χ2v) is 7.10. The molecule has 164 valence electrons.